The number of hydrogen-bond donors (Lipinski definition) is 0. The van der Waals surface area contributed by atoms with Crippen molar-refractivity contribution in [3.63, 3.8) is 0 Å². The fourth-order valence-electron chi connectivity index (χ4n) is 0.969. The fraction of sp³-hybridized carbons (Fsp3) is 0.778. The summed E-state index contributed by atoms with van der Waals surface area (Å²) in [4.78, 5) is 34.0. The molecule has 0 aromatic carbocycles. The zero-order chi connectivity index (χ0) is 14.2. The van der Waals surface area contributed by atoms with E-state index >= 15 is 0 Å². The largest absolute Gasteiger partial charge is 0.770 e. The molecule has 7 nitrogen and oxygen atoms in total. The van der Waals surface area contributed by atoms with E-state index in [9.17, 15) is 19.0 Å². The topological polar surface area (TPSA) is 102 Å². The van der Waals surface area contributed by atoms with Crippen LogP contribution in [0, 0.1) is 0 Å². The molecule has 0 saturated carbocycles. The van der Waals surface area contributed by atoms with Gasteiger partial charge in [0.1, 0.15) is 5.25 Å². The molecule has 0 aromatic rings. The molecule has 9 heteroatoms. The molecule has 0 bridgehead atoms. The molecule has 0 aliphatic rings. The minimum Gasteiger partial charge on any atom is -0.770 e. The van der Waals surface area contributed by atoms with Gasteiger partial charge in [-0.05, 0) is 13.8 Å². The molecule has 0 aliphatic heterocycles. The molecule has 0 heterocycles. The Morgan fingerprint density at radius 2 is 1.83 bits per heavy atom. The molecular weight excluding hydrogens is 283 g/mol. The van der Waals surface area contributed by atoms with E-state index in [0.29, 0.717) is 0 Å². The lowest BCUT2D eigenvalue weighted by molar-refractivity contribution is -0.187. The predicted molar refractivity (Wildman–Crippen MR) is 63.9 cm³/mol. The normalized spacial score (nSPS) is 15.6. The van der Waals surface area contributed by atoms with Crippen molar-refractivity contribution in [2.75, 3.05) is 20.3 Å². The summed E-state index contributed by atoms with van der Waals surface area (Å²) in [5.41, 5.74) is 0. The van der Waals surface area contributed by atoms with Gasteiger partial charge < -0.3 is 18.9 Å². The third-order valence-electron chi connectivity index (χ3n) is 1.69. The maximum Gasteiger partial charge on any atom is 0.320 e. The Labute approximate surface area is 109 Å². The molecule has 106 valence electrons. The molecule has 0 amide bonds. The van der Waals surface area contributed by atoms with E-state index < -0.39 is 24.0 Å². The monoisotopic (exact) mass is 299 g/mol. The summed E-state index contributed by atoms with van der Waals surface area (Å²) in [7, 11) is 0.980. The highest BCUT2D eigenvalue weighted by atomic mass is 32.7. The number of hydrogen-bond acceptors (Lipinski definition) is 8. The number of ether oxygens (including phenoxy) is 2. The first kappa shape index (κ1) is 17.4. The Hall–Kier alpha value is -0.560. The Kier molecular flexibility index (Phi) is 8.26. The van der Waals surface area contributed by atoms with Crippen molar-refractivity contribution >= 4 is 30.1 Å². The smallest absolute Gasteiger partial charge is 0.320 e. The third kappa shape index (κ3) is 7.00. The molecule has 0 N–H and O–H groups in total. The number of carbonyl (C=O) groups excluding carboxylic acids is 2. The molecule has 0 rings (SSSR count). The van der Waals surface area contributed by atoms with Crippen LogP contribution in [0.2, 0.25) is 0 Å². The Bertz CT molecular complexity index is 333. The van der Waals surface area contributed by atoms with Crippen molar-refractivity contribution in [3.8, 4) is 0 Å². The zero-order valence-corrected chi connectivity index (χ0v) is 12.1. The lowest BCUT2D eigenvalue weighted by atomic mass is 10.3. The van der Waals surface area contributed by atoms with Crippen LogP contribution in [-0.4, -0.2) is 37.5 Å². The second kappa shape index (κ2) is 8.53. The molecule has 2 atom stereocenters. The molecule has 0 aliphatic carbocycles. The van der Waals surface area contributed by atoms with E-state index in [1.54, 1.807) is 13.8 Å². The van der Waals surface area contributed by atoms with Gasteiger partial charge in [-0.2, -0.15) is 0 Å². The van der Waals surface area contributed by atoms with Crippen molar-refractivity contribution in [1.29, 1.82) is 0 Å². The summed E-state index contributed by atoms with van der Waals surface area (Å²) >= 11 is 0.252. The van der Waals surface area contributed by atoms with Gasteiger partial charge >= 0.3 is 11.9 Å². The SMILES string of the molecule is CCOC(=O)CC(SP(=O)([O-])OC)C(=O)OCC. The number of carbonyl (C=O) groups is 2. The van der Waals surface area contributed by atoms with Gasteiger partial charge in [-0.25, -0.2) is 0 Å². The minimum atomic E-state index is -4.22. The van der Waals surface area contributed by atoms with Gasteiger partial charge in [0.2, 0.25) is 0 Å². The van der Waals surface area contributed by atoms with Crippen LogP contribution < -0.4 is 4.89 Å². The summed E-state index contributed by atoms with van der Waals surface area (Å²) in [5.74, 6) is -1.46. The highest BCUT2D eigenvalue weighted by molar-refractivity contribution is 8.54. The lowest BCUT2D eigenvalue weighted by Gasteiger charge is -2.24. The number of rotatable bonds is 8. The highest BCUT2D eigenvalue weighted by Gasteiger charge is 2.29. The van der Waals surface area contributed by atoms with Gasteiger partial charge in [0.05, 0.1) is 19.6 Å². The average Bonchev–Trinajstić information content (AvgIpc) is 2.28. The maximum absolute atomic E-state index is 11.5. The molecule has 0 spiro atoms. The molecule has 18 heavy (non-hydrogen) atoms. The van der Waals surface area contributed by atoms with Gasteiger partial charge in [0.15, 0.2) is 6.80 Å². The van der Waals surface area contributed by atoms with E-state index in [-0.39, 0.29) is 31.0 Å². The molecule has 2 unspecified atom stereocenters. The van der Waals surface area contributed by atoms with Gasteiger partial charge in [-0.15, -0.1) is 0 Å². The van der Waals surface area contributed by atoms with E-state index in [1.807, 2.05) is 0 Å². The first-order valence-corrected chi connectivity index (χ1v) is 8.26. The minimum absolute atomic E-state index is 0.0921. The van der Waals surface area contributed by atoms with E-state index in [2.05, 4.69) is 9.26 Å². The van der Waals surface area contributed by atoms with Gasteiger partial charge in [-0.3, -0.25) is 14.2 Å². The second-order valence-electron chi connectivity index (χ2n) is 2.99. The van der Waals surface area contributed by atoms with Crippen LogP contribution in [0.1, 0.15) is 20.3 Å². The third-order valence-corrected chi connectivity index (χ3v) is 4.99. The van der Waals surface area contributed by atoms with E-state index in [4.69, 9.17) is 4.74 Å². The maximum atomic E-state index is 11.5. The first-order chi connectivity index (χ1) is 8.36. The van der Waals surface area contributed by atoms with Crippen molar-refractivity contribution < 1.29 is 33.0 Å². The Balaban J connectivity index is 4.67. The van der Waals surface area contributed by atoms with Crippen LogP contribution in [-0.2, 0) is 28.2 Å². The standard InChI is InChI=1S/C9H17O7PS/c1-4-15-8(10)6-7(9(11)16-5-2)18-17(12,13)14-3/h7H,4-6H2,1-3H3,(H,12,13)/p-1. The summed E-state index contributed by atoms with van der Waals surface area (Å²) in [6.45, 7) is -0.791. The van der Waals surface area contributed by atoms with Gasteiger partial charge in [0.25, 0.3) is 0 Å². The zero-order valence-electron chi connectivity index (χ0n) is 10.4. The molecule has 0 radical (unpaired) electrons. The van der Waals surface area contributed by atoms with Crippen molar-refractivity contribution in [1.82, 2.24) is 0 Å². The Morgan fingerprint density at radius 3 is 2.28 bits per heavy atom. The van der Waals surface area contributed by atoms with Gasteiger partial charge in [-0.1, -0.05) is 11.4 Å². The first-order valence-electron chi connectivity index (χ1n) is 5.23. The van der Waals surface area contributed by atoms with Gasteiger partial charge in [0, 0.05) is 7.11 Å². The van der Waals surface area contributed by atoms with Crippen LogP contribution in [0.4, 0.5) is 0 Å². The van der Waals surface area contributed by atoms with Crippen molar-refractivity contribution in [2.24, 2.45) is 0 Å². The van der Waals surface area contributed by atoms with E-state index in [1.165, 1.54) is 0 Å². The second-order valence-corrected chi connectivity index (χ2v) is 7.00. The van der Waals surface area contributed by atoms with Crippen LogP contribution >= 0.6 is 18.2 Å². The summed E-state index contributed by atoms with van der Waals surface area (Å²) in [5, 5.41) is -1.19. The quantitative estimate of drug-likeness (QED) is 0.477. The molecular formula is C9H16O7PS-. The average molecular weight is 299 g/mol. The van der Waals surface area contributed by atoms with Crippen LogP contribution in [0.15, 0.2) is 0 Å². The summed E-state index contributed by atoms with van der Waals surface area (Å²) < 4.78 is 24.9. The molecule has 0 aromatic heterocycles. The summed E-state index contributed by atoms with van der Waals surface area (Å²) in [6.07, 6.45) is -0.382. The molecule has 0 fully saturated rings. The van der Waals surface area contributed by atoms with Crippen molar-refractivity contribution in [3.05, 3.63) is 0 Å². The molecule has 0 saturated heterocycles. The van der Waals surface area contributed by atoms with Crippen molar-refractivity contribution in [2.45, 2.75) is 25.5 Å². The Morgan fingerprint density at radius 1 is 1.28 bits per heavy atom. The predicted octanol–water partition coefficient (Wildman–Crippen LogP) is 0.719. The fourth-order valence-corrected chi connectivity index (χ4v) is 3.41. The lowest BCUT2D eigenvalue weighted by Crippen LogP contribution is -2.25. The summed E-state index contributed by atoms with van der Waals surface area (Å²) in [6, 6.07) is 0. The van der Waals surface area contributed by atoms with Crippen LogP contribution in [0.5, 0.6) is 0 Å². The van der Waals surface area contributed by atoms with Crippen LogP contribution in [0.25, 0.3) is 0 Å². The highest BCUT2D eigenvalue weighted by Crippen LogP contribution is 2.53. The van der Waals surface area contributed by atoms with E-state index in [0.717, 1.165) is 7.11 Å². The van der Waals surface area contributed by atoms with Crippen LogP contribution in [0.3, 0.4) is 0 Å². The number of esters is 2.